The maximum absolute atomic E-state index is 11.9. The predicted octanol–water partition coefficient (Wildman–Crippen LogP) is 2.07. The van der Waals surface area contributed by atoms with E-state index in [1.54, 1.807) is 7.11 Å². The van der Waals surface area contributed by atoms with Crippen molar-refractivity contribution >= 4 is 17.7 Å². The predicted molar refractivity (Wildman–Crippen MR) is 75.4 cm³/mol. The lowest BCUT2D eigenvalue weighted by Crippen LogP contribution is -2.53. The Morgan fingerprint density at radius 1 is 1.42 bits per heavy atom. The zero-order chi connectivity index (χ0) is 13.9. The fourth-order valence-corrected chi connectivity index (χ4v) is 3.28. The van der Waals surface area contributed by atoms with Crippen LogP contribution in [0.2, 0.25) is 0 Å². The molecule has 0 bridgehead atoms. The van der Waals surface area contributed by atoms with Crippen molar-refractivity contribution in [2.75, 3.05) is 20.0 Å². The van der Waals surface area contributed by atoms with Gasteiger partial charge in [0.05, 0.1) is 14.2 Å². The third kappa shape index (κ3) is 3.04. The Labute approximate surface area is 117 Å². The fraction of sp³-hybridized carbons (Fsp3) is 0.500. The molecular formula is C14H19NO3S. The number of hydrogen-bond donors (Lipinski definition) is 1. The summed E-state index contributed by atoms with van der Waals surface area (Å²) >= 11 is 1.54. The second-order valence-electron chi connectivity index (χ2n) is 4.75. The summed E-state index contributed by atoms with van der Waals surface area (Å²) in [5.41, 5.74) is 5.37. The molecule has 1 atom stereocenters. The largest absolute Gasteiger partial charge is 0.496 e. The van der Waals surface area contributed by atoms with E-state index in [4.69, 9.17) is 15.2 Å². The molecule has 2 rings (SSSR count). The molecular weight excluding hydrogens is 262 g/mol. The van der Waals surface area contributed by atoms with Crippen molar-refractivity contribution in [3.05, 3.63) is 24.3 Å². The number of carbonyl (C=O) groups excluding carboxylic acids is 1. The lowest BCUT2D eigenvalue weighted by molar-refractivity contribution is -0.146. The van der Waals surface area contributed by atoms with Gasteiger partial charge in [-0.15, -0.1) is 11.8 Å². The molecule has 0 heterocycles. The Morgan fingerprint density at radius 3 is 2.68 bits per heavy atom. The molecule has 2 N–H and O–H groups in total. The number of methoxy groups -OCH3 is 2. The number of benzene rings is 1. The molecule has 0 aromatic heterocycles. The molecule has 1 aliphatic rings. The zero-order valence-electron chi connectivity index (χ0n) is 11.2. The Balaban J connectivity index is 2.09. The molecule has 1 saturated carbocycles. The van der Waals surface area contributed by atoms with Gasteiger partial charge in [-0.1, -0.05) is 12.1 Å². The minimum Gasteiger partial charge on any atom is -0.496 e. The van der Waals surface area contributed by atoms with Crippen LogP contribution in [0.5, 0.6) is 5.75 Å². The average molecular weight is 281 g/mol. The topological polar surface area (TPSA) is 61.5 Å². The third-order valence-corrected chi connectivity index (χ3v) is 4.68. The van der Waals surface area contributed by atoms with Gasteiger partial charge in [-0.3, -0.25) is 4.79 Å². The summed E-state index contributed by atoms with van der Waals surface area (Å²) in [4.78, 5) is 12.9. The van der Waals surface area contributed by atoms with Crippen molar-refractivity contribution in [1.29, 1.82) is 0 Å². The van der Waals surface area contributed by atoms with Crippen molar-refractivity contribution in [3.63, 3.8) is 0 Å². The molecule has 0 saturated heterocycles. The van der Waals surface area contributed by atoms with Crippen LogP contribution in [0.1, 0.15) is 12.8 Å². The molecule has 1 fully saturated rings. The molecule has 104 valence electrons. The summed E-state index contributed by atoms with van der Waals surface area (Å²) in [7, 11) is 3.02. The highest BCUT2D eigenvalue weighted by Gasteiger charge is 2.48. The average Bonchev–Trinajstić information content (AvgIpc) is 3.29. The number of thioether (sulfide) groups is 1. The highest BCUT2D eigenvalue weighted by Crippen LogP contribution is 2.42. The second-order valence-corrected chi connectivity index (χ2v) is 5.76. The first-order valence-electron chi connectivity index (χ1n) is 6.25. The van der Waals surface area contributed by atoms with Crippen molar-refractivity contribution < 1.29 is 14.3 Å². The maximum Gasteiger partial charge on any atom is 0.327 e. The SMILES string of the molecule is COC(=O)C(N)(CSc1ccccc1OC)C1CC1. The van der Waals surface area contributed by atoms with Gasteiger partial charge in [0.2, 0.25) is 0 Å². The van der Waals surface area contributed by atoms with Crippen LogP contribution >= 0.6 is 11.8 Å². The summed E-state index contributed by atoms with van der Waals surface area (Å²) in [6.45, 7) is 0. The lowest BCUT2D eigenvalue weighted by Gasteiger charge is -2.26. The van der Waals surface area contributed by atoms with Crippen molar-refractivity contribution in [2.45, 2.75) is 23.3 Å². The van der Waals surface area contributed by atoms with Crippen LogP contribution in [-0.2, 0) is 9.53 Å². The molecule has 1 unspecified atom stereocenters. The summed E-state index contributed by atoms with van der Waals surface area (Å²) in [6, 6.07) is 7.72. The monoisotopic (exact) mass is 281 g/mol. The second kappa shape index (κ2) is 5.84. The smallest absolute Gasteiger partial charge is 0.327 e. The van der Waals surface area contributed by atoms with E-state index in [-0.39, 0.29) is 11.9 Å². The van der Waals surface area contributed by atoms with E-state index in [0.717, 1.165) is 23.5 Å². The maximum atomic E-state index is 11.9. The van der Waals surface area contributed by atoms with E-state index in [0.29, 0.717) is 5.75 Å². The van der Waals surface area contributed by atoms with Gasteiger partial charge in [-0.2, -0.15) is 0 Å². The molecule has 0 radical (unpaired) electrons. The molecule has 0 spiro atoms. The van der Waals surface area contributed by atoms with E-state index < -0.39 is 5.54 Å². The van der Waals surface area contributed by atoms with Gasteiger partial charge in [0, 0.05) is 10.6 Å². The van der Waals surface area contributed by atoms with E-state index in [1.165, 1.54) is 18.9 Å². The Kier molecular flexibility index (Phi) is 4.37. The molecule has 1 aliphatic carbocycles. The van der Waals surface area contributed by atoms with E-state index in [2.05, 4.69) is 0 Å². The first-order chi connectivity index (χ1) is 9.11. The number of rotatable bonds is 6. The number of hydrogen-bond acceptors (Lipinski definition) is 5. The van der Waals surface area contributed by atoms with Crippen LogP contribution in [0.15, 0.2) is 29.2 Å². The van der Waals surface area contributed by atoms with Crippen LogP contribution in [0.4, 0.5) is 0 Å². The van der Waals surface area contributed by atoms with Crippen LogP contribution in [0.25, 0.3) is 0 Å². The minimum absolute atomic E-state index is 0.238. The third-order valence-electron chi connectivity index (χ3n) is 3.41. The number of ether oxygens (including phenoxy) is 2. The van der Waals surface area contributed by atoms with Gasteiger partial charge in [-0.25, -0.2) is 0 Å². The number of esters is 1. The molecule has 0 amide bonds. The molecule has 0 aliphatic heterocycles. The van der Waals surface area contributed by atoms with Crippen LogP contribution in [-0.4, -0.2) is 31.5 Å². The summed E-state index contributed by atoms with van der Waals surface area (Å²) in [5, 5.41) is 0. The lowest BCUT2D eigenvalue weighted by atomic mass is 9.97. The Morgan fingerprint density at radius 2 is 2.11 bits per heavy atom. The first-order valence-corrected chi connectivity index (χ1v) is 7.23. The van der Waals surface area contributed by atoms with Gasteiger partial charge >= 0.3 is 5.97 Å². The summed E-state index contributed by atoms with van der Waals surface area (Å²) < 4.78 is 10.1. The summed E-state index contributed by atoms with van der Waals surface area (Å²) in [6.07, 6.45) is 2.00. The highest BCUT2D eigenvalue weighted by atomic mass is 32.2. The van der Waals surface area contributed by atoms with E-state index in [1.807, 2.05) is 24.3 Å². The van der Waals surface area contributed by atoms with Crippen molar-refractivity contribution in [2.24, 2.45) is 11.7 Å². The van der Waals surface area contributed by atoms with Gasteiger partial charge in [-0.05, 0) is 30.9 Å². The van der Waals surface area contributed by atoms with Gasteiger partial charge in [0.15, 0.2) is 0 Å². The molecule has 1 aromatic carbocycles. The zero-order valence-corrected chi connectivity index (χ0v) is 12.0. The van der Waals surface area contributed by atoms with Crippen LogP contribution in [0, 0.1) is 5.92 Å². The first kappa shape index (κ1) is 14.2. The van der Waals surface area contributed by atoms with Gasteiger partial charge < -0.3 is 15.2 Å². The van der Waals surface area contributed by atoms with Crippen molar-refractivity contribution in [1.82, 2.24) is 0 Å². The van der Waals surface area contributed by atoms with Gasteiger partial charge in [0.1, 0.15) is 11.3 Å². The Bertz CT molecular complexity index is 462. The number of para-hydroxylation sites is 1. The van der Waals surface area contributed by atoms with Gasteiger partial charge in [0.25, 0.3) is 0 Å². The number of nitrogens with two attached hydrogens (primary N) is 1. The number of carbonyl (C=O) groups is 1. The van der Waals surface area contributed by atoms with Crippen LogP contribution < -0.4 is 10.5 Å². The quantitative estimate of drug-likeness (QED) is 0.639. The normalized spacial score (nSPS) is 17.6. The van der Waals surface area contributed by atoms with E-state index in [9.17, 15) is 4.79 Å². The van der Waals surface area contributed by atoms with E-state index >= 15 is 0 Å². The summed E-state index contributed by atoms with van der Waals surface area (Å²) in [5.74, 6) is 1.22. The molecule has 5 heteroatoms. The van der Waals surface area contributed by atoms with Crippen molar-refractivity contribution in [3.8, 4) is 5.75 Å². The molecule has 19 heavy (non-hydrogen) atoms. The molecule has 1 aromatic rings. The Hall–Kier alpha value is -1.20. The molecule has 4 nitrogen and oxygen atoms in total. The standard InChI is InChI=1S/C14H19NO3S/c1-17-11-5-3-4-6-12(11)19-9-14(15,10-7-8-10)13(16)18-2/h3-6,10H,7-9,15H2,1-2H3. The highest BCUT2D eigenvalue weighted by molar-refractivity contribution is 7.99. The minimum atomic E-state index is -0.889. The van der Waals surface area contributed by atoms with Crippen LogP contribution in [0.3, 0.4) is 0 Å². The fourth-order valence-electron chi connectivity index (χ4n) is 2.07.